The van der Waals surface area contributed by atoms with Crippen LogP contribution in [0, 0.1) is 0 Å². The van der Waals surface area contributed by atoms with Crippen LogP contribution in [0.4, 0.5) is 0 Å². The normalized spacial score (nSPS) is 10.6. The summed E-state index contributed by atoms with van der Waals surface area (Å²) in [5.41, 5.74) is 0. The van der Waals surface area contributed by atoms with Crippen molar-refractivity contribution in [2.24, 2.45) is 0 Å². The molecule has 0 atom stereocenters. The second kappa shape index (κ2) is 26.0. The highest BCUT2D eigenvalue weighted by Crippen LogP contribution is 2.11. The molecule has 0 radical (unpaired) electrons. The van der Waals surface area contributed by atoms with E-state index in [9.17, 15) is 19.2 Å². The van der Waals surface area contributed by atoms with Gasteiger partial charge in [-0.3, -0.25) is 19.2 Å². The van der Waals surface area contributed by atoms with Crippen molar-refractivity contribution in [1.29, 1.82) is 0 Å². The van der Waals surface area contributed by atoms with E-state index in [-0.39, 0.29) is 23.9 Å². The fraction of sp³-hybridized carbons (Fsp3) is 0.857. The van der Waals surface area contributed by atoms with Crippen molar-refractivity contribution < 1.29 is 38.1 Å². The molecule has 0 aromatic carbocycles. The van der Waals surface area contributed by atoms with E-state index >= 15 is 0 Å². The van der Waals surface area contributed by atoms with E-state index in [0.29, 0.717) is 51.7 Å². The van der Waals surface area contributed by atoms with Crippen molar-refractivity contribution >= 4 is 23.9 Å². The molecule has 36 heavy (non-hydrogen) atoms. The Bertz CT molecular complexity index is 526. The average molecular weight is 515 g/mol. The Labute approximate surface area is 218 Å². The summed E-state index contributed by atoms with van der Waals surface area (Å²) in [6.07, 6.45) is 17.3. The van der Waals surface area contributed by atoms with Gasteiger partial charge in [-0.2, -0.15) is 0 Å². The Morgan fingerprint density at radius 3 is 0.944 bits per heavy atom. The van der Waals surface area contributed by atoms with E-state index in [0.717, 1.165) is 89.9 Å². The lowest BCUT2D eigenvalue weighted by atomic mass is 10.1. The van der Waals surface area contributed by atoms with E-state index in [2.05, 4.69) is 9.47 Å². The molecule has 0 unspecified atom stereocenters. The quantitative estimate of drug-likeness (QED) is 0.0803. The molecule has 0 N–H and O–H groups in total. The number of unbranched alkanes of at least 4 members (excludes halogenated alkanes) is 13. The number of rotatable bonds is 25. The first-order valence-electron chi connectivity index (χ1n) is 13.9. The van der Waals surface area contributed by atoms with Crippen molar-refractivity contribution in [3.8, 4) is 0 Å². The van der Waals surface area contributed by atoms with E-state index in [1.165, 1.54) is 14.2 Å². The van der Waals surface area contributed by atoms with Gasteiger partial charge in [0.15, 0.2) is 0 Å². The topological polar surface area (TPSA) is 105 Å². The van der Waals surface area contributed by atoms with Crippen molar-refractivity contribution in [2.45, 2.75) is 128 Å². The molecule has 0 saturated heterocycles. The molecule has 0 spiro atoms. The second-order valence-corrected chi connectivity index (χ2v) is 9.25. The van der Waals surface area contributed by atoms with Crippen LogP contribution in [0.1, 0.15) is 128 Å². The molecule has 0 saturated carbocycles. The number of hydrogen-bond acceptors (Lipinski definition) is 8. The van der Waals surface area contributed by atoms with Crippen molar-refractivity contribution in [3.63, 3.8) is 0 Å². The molecule has 0 aromatic heterocycles. The molecule has 0 bridgehead atoms. The second-order valence-electron chi connectivity index (χ2n) is 9.25. The van der Waals surface area contributed by atoms with Crippen LogP contribution in [-0.2, 0) is 38.1 Å². The SMILES string of the molecule is COC(=O)CCCCCCCCCOC(=O)CCCCC(=O)OCCCCCCCCCC(=O)OC. The predicted molar refractivity (Wildman–Crippen MR) is 138 cm³/mol. The molecule has 0 aliphatic rings. The number of esters is 4. The monoisotopic (exact) mass is 514 g/mol. The minimum atomic E-state index is -0.198. The maximum atomic E-state index is 11.8. The molecule has 0 rings (SSSR count). The fourth-order valence-electron chi connectivity index (χ4n) is 3.77. The number of hydrogen-bond donors (Lipinski definition) is 0. The van der Waals surface area contributed by atoms with Crippen molar-refractivity contribution in [1.82, 2.24) is 0 Å². The molecule has 8 nitrogen and oxygen atoms in total. The van der Waals surface area contributed by atoms with Crippen LogP contribution < -0.4 is 0 Å². The Hall–Kier alpha value is -2.12. The summed E-state index contributed by atoms with van der Waals surface area (Å²) in [5, 5.41) is 0. The molecule has 0 amide bonds. The maximum absolute atomic E-state index is 11.8. The van der Waals surface area contributed by atoms with Gasteiger partial charge in [0.1, 0.15) is 0 Å². The van der Waals surface area contributed by atoms with Crippen LogP contribution in [0.15, 0.2) is 0 Å². The Morgan fingerprint density at radius 1 is 0.361 bits per heavy atom. The summed E-state index contributed by atoms with van der Waals surface area (Å²) >= 11 is 0. The summed E-state index contributed by atoms with van der Waals surface area (Å²) in [5.74, 6) is -0.679. The molecule has 0 aliphatic carbocycles. The van der Waals surface area contributed by atoms with Crippen molar-refractivity contribution in [2.75, 3.05) is 27.4 Å². The number of carbonyl (C=O) groups excluding carboxylic acids is 4. The van der Waals surface area contributed by atoms with Gasteiger partial charge < -0.3 is 18.9 Å². The Morgan fingerprint density at radius 2 is 0.611 bits per heavy atom. The van der Waals surface area contributed by atoms with Gasteiger partial charge in [0, 0.05) is 25.7 Å². The molecule has 0 fully saturated rings. The van der Waals surface area contributed by atoms with E-state index in [4.69, 9.17) is 9.47 Å². The first-order chi connectivity index (χ1) is 17.5. The van der Waals surface area contributed by atoms with Crippen LogP contribution in [0.25, 0.3) is 0 Å². The summed E-state index contributed by atoms with van der Waals surface area (Å²) < 4.78 is 19.7. The molecular weight excluding hydrogens is 464 g/mol. The van der Waals surface area contributed by atoms with Gasteiger partial charge in [-0.15, -0.1) is 0 Å². The lowest BCUT2D eigenvalue weighted by molar-refractivity contribution is -0.146. The Balaban J connectivity index is 3.34. The Kier molecular flexibility index (Phi) is 24.4. The molecule has 0 heterocycles. The van der Waals surface area contributed by atoms with Crippen molar-refractivity contribution in [3.05, 3.63) is 0 Å². The molecular formula is C28H50O8. The lowest BCUT2D eigenvalue weighted by Crippen LogP contribution is -2.08. The van der Waals surface area contributed by atoms with E-state index < -0.39 is 0 Å². The van der Waals surface area contributed by atoms with Gasteiger partial charge >= 0.3 is 23.9 Å². The summed E-state index contributed by atoms with van der Waals surface area (Å²) in [6, 6.07) is 0. The van der Waals surface area contributed by atoms with E-state index in [1.807, 2.05) is 0 Å². The number of ether oxygens (including phenoxy) is 4. The highest BCUT2D eigenvalue weighted by Gasteiger charge is 2.06. The van der Waals surface area contributed by atoms with Crippen LogP contribution in [0.5, 0.6) is 0 Å². The summed E-state index contributed by atoms with van der Waals surface area (Å²) in [6.45, 7) is 0.910. The van der Waals surface area contributed by atoms with Gasteiger partial charge in [0.25, 0.3) is 0 Å². The first kappa shape index (κ1) is 33.9. The van der Waals surface area contributed by atoms with Gasteiger partial charge in [0.05, 0.1) is 27.4 Å². The van der Waals surface area contributed by atoms with Gasteiger partial charge in [-0.25, -0.2) is 0 Å². The maximum Gasteiger partial charge on any atom is 0.305 e. The first-order valence-corrected chi connectivity index (χ1v) is 13.9. The fourth-order valence-corrected chi connectivity index (χ4v) is 3.77. The molecule has 0 aliphatic heterocycles. The predicted octanol–water partition coefficient (Wildman–Crippen LogP) is 6.22. The highest BCUT2D eigenvalue weighted by atomic mass is 16.5. The summed E-state index contributed by atoms with van der Waals surface area (Å²) in [4.78, 5) is 45.6. The zero-order chi connectivity index (χ0) is 26.7. The average Bonchev–Trinajstić information content (AvgIpc) is 2.88. The zero-order valence-corrected chi connectivity index (χ0v) is 22.8. The number of methoxy groups -OCH3 is 2. The third-order valence-electron chi connectivity index (χ3n) is 6.04. The number of carbonyl (C=O) groups is 4. The van der Waals surface area contributed by atoms with Gasteiger partial charge in [-0.05, 0) is 38.5 Å². The smallest absolute Gasteiger partial charge is 0.305 e. The minimum absolute atomic E-state index is 0.142. The van der Waals surface area contributed by atoms with Crippen LogP contribution in [-0.4, -0.2) is 51.3 Å². The zero-order valence-electron chi connectivity index (χ0n) is 22.8. The third kappa shape index (κ3) is 25.0. The van der Waals surface area contributed by atoms with Gasteiger partial charge in [0.2, 0.25) is 0 Å². The van der Waals surface area contributed by atoms with Crippen LogP contribution >= 0.6 is 0 Å². The highest BCUT2D eigenvalue weighted by molar-refractivity contribution is 5.70. The molecule has 8 heteroatoms. The van der Waals surface area contributed by atoms with Gasteiger partial charge in [-0.1, -0.05) is 64.2 Å². The van der Waals surface area contributed by atoms with Crippen LogP contribution in [0.2, 0.25) is 0 Å². The molecule has 0 aromatic rings. The molecule has 210 valence electrons. The summed E-state index contributed by atoms with van der Waals surface area (Å²) in [7, 11) is 2.83. The standard InChI is InChI=1S/C28H50O8/c1-33-25(29)19-13-9-5-3-7-11-17-23-35-27(31)21-15-16-22-28(32)36-24-18-12-8-4-6-10-14-20-26(30)34-2/h3-24H2,1-2H3. The van der Waals surface area contributed by atoms with E-state index in [1.54, 1.807) is 0 Å². The largest absolute Gasteiger partial charge is 0.469 e. The third-order valence-corrected chi connectivity index (χ3v) is 6.04. The van der Waals surface area contributed by atoms with Crippen LogP contribution in [0.3, 0.4) is 0 Å². The lowest BCUT2D eigenvalue weighted by Gasteiger charge is -2.06. The minimum Gasteiger partial charge on any atom is -0.469 e.